The van der Waals surface area contributed by atoms with Crippen LogP contribution in [0, 0.1) is 12.7 Å². The summed E-state index contributed by atoms with van der Waals surface area (Å²) in [7, 11) is 0. The first kappa shape index (κ1) is 16.8. The van der Waals surface area contributed by atoms with Crippen LogP contribution in [0.15, 0.2) is 18.2 Å². The second kappa shape index (κ2) is 7.52. The Morgan fingerprint density at radius 3 is 2.57 bits per heavy atom. The highest BCUT2D eigenvalue weighted by Gasteiger charge is 2.28. The summed E-state index contributed by atoms with van der Waals surface area (Å²) in [4.78, 5) is 34.3. The molecule has 1 saturated heterocycles. The van der Waals surface area contributed by atoms with Crippen molar-refractivity contribution in [3.63, 3.8) is 0 Å². The van der Waals surface area contributed by atoms with Crippen LogP contribution in [0.3, 0.4) is 0 Å². The Morgan fingerprint density at radius 1 is 1.33 bits per heavy atom. The lowest BCUT2D eigenvalue weighted by atomic mass is 10.0. The second-order valence-electron chi connectivity index (χ2n) is 4.46. The Kier molecular flexibility index (Phi) is 6.02. The van der Waals surface area contributed by atoms with Crippen molar-refractivity contribution in [3.8, 4) is 0 Å². The van der Waals surface area contributed by atoms with Gasteiger partial charge in [-0.1, -0.05) is 19.9 Å². The number of imide groups is 1. The van der Waals surface area contributed by atoms with Crippen molar-refractivity contribution in [2.75, 3.05) is 0 Å². The highest BCUT2D eigenvalue weighted by molar-refractivity contribution is 6.03. The Bertz CT molecular complexity index is 558. The van der Waals surface area contributed by atoms with Gasteiger partial charge in [0.25, 0.3) is 5.91 Å². The predicted octanol–water partition coefficient (Wildman–Crippen LogP) is 1.70. The molecule has 0 aliphatic carbocycles. The Labute approximate surface area is 122 Å². The van der Waals surface area contributed by atoms with Crippen LogP contribution in [0.2, 0.25) is 0 Å². The van der Waals surface area contributed by atoms with Gasteiger partial charge in [-0.15, -0.1) is 0 Å². The smallest absolute Gasteiger partial charge is 0.254 e. The van der Waals surface area contributed by atoms with Crippen LogP contribution in [-0.4, -0.2) is 23.8 Å². The number of aryl methyl sites for hydroxylation is 1. The van der Waals surface area contributed by atoms with Crippen LogP contribution >= 0.6 is 0 Å². The maximum absolute atomic E-state index is 13.6. The third-order valence-corrected chi connectivity index (χ3v) is 2.91. The van der Waals surface area contributed by atoms with Crippen LogP contribution in [0.4, 0.5) is 4.39 Å². The number of hydrogen-bond acceptors (Lipinski definition) is 3. The highest BCUT2D eigenvalue weighted by atomic mass is 19.1. The Balaban J connectivity index is 0.00000106. The molecular weight excluding hydrogens is 275 g/mol. The number of halogens is 1. The fourth-order valence-electron chi connectivity index (χ4n) is 1.87. The van der Waals surface area contributed by atoms with Gasteiger partial charge in [0.15, 0.2) is 0 Å². The molecule has 1 aliphatic heterocycles. The monoisotopic (exact) mass is 294 g/mol. The van der Waals surface area contributed by atoms with Crippen LogP contribution < -0.4 is 10.6 Å². The van der Waals surface area contributed by atoms with Gasteiger partial charge in [-0.25, -0.2) is 4.39 Å². The molecule has 1 aromatic carbocycles. The summed E-state index contributed by atoms with van der Waals surface area (Å²) >= 11 is 0. The van der Waals surface area contributed by atoms with E-state index in [0.717, 1.165) is 0 Å². The Hall–Kier alpha value is -2.24. The summed E-state index contributed by atoms with van der Waals surface area (Å²) in [6.45, 7) is 5.71. The predicted molar refractivity (Wildman–Crippen MR) is 76.1 cm³/mol. The quantitative estimate of drug-likeness (QED) is 0.815. The van der Waals surface area contributed by atoms with E-state index in [1.165, 1.54) is 12.1 Å². The molecule has 0 radical (unpaired) electrons. The van der Waals surface area contributed by atoms with Crippen molar-refractivity contribution in [2.24, 2.45) is 0 Å². The van der Waals surface area contributed by atoms with E-state index in [2.05, 4.69) is 10.6 Å². The van der Waals surface area contributed by atoms with Gasteiger partial charge in [-0.05, 0) is 31.0 Å². The number of benzene rings is 1. The number of amides is 3. The van der Waals surface area contributed by atoms with Crippen molar-refractivity contribution < 1.29 is 18.8 Å². The first-order valence-corrected chi connectivity index (χ1v) is 6.88. The first-order valence-electron chi connectivity index (χ1n) is 6.88. The average Bonchev–Trinajstić information content (AvgIpc) is 2.44. The molecule has 1 atom stereocenters. The minimum absolute atomic E-state index is 0.115. The third kappa shape index (κ3) is 4.37. The van der Waals surface area contributed by atoms with E-state index in [1.54, 1.807) is 13.0 Å². The molecule has 1 fully saturated rings. The van der Waals surface area contributed by atoms with Gasteiger partial charge >= 0.3 is 0 Å². The molecule has 2 N–H and O–H groups in total. The minimum Gasteiger partial charge on any atom is -0.340 e. The normalized spacial score (nSPS) is 17.4. The lowest BCUT2D eigenvalue weighted by molar-refractivity contribution is -0.134. The fraction of sp³-hybridized carbons (Fsp3) is 0.400. The van der Waals surface area contributed by atoms with E-state index in [9.17, 15) is 18.8 Å². The number of hydrogen-bond donors (Lipinski definition) is 2. The van der Waals surface area contributed by atoms with Crippen LogP contribution in [0.5, 0.6) is 0 Å². The van der Waals surface area contributed by atoms with Gasteiger partial charge in [-0.2, -0.15) is 0 Å². The van der Waals surface area contributed by atoms with Gasteiger partial charge in [0.1, 0.15) is 11.9 Å². The summed E-state index contributed by atoms with van der Waals surface area (Å²) in [5.74, 6) is -2.22. The molecule has 21 heavy (non-hydrogen) atoms. The van der Waals surface area contributed by atoms with Crippen LogP contribution in [-0.2, 0) is 9.59 Å². The van der Waals surface area contributed by atoms with Gasteiger partial charge in [-0.3, -0.25) is 19.7 Å². The van der Waals surface area contributed by atoms with E-state index in [0.29, 0.717) is 5.56 Å². The zero-order valence-electron chi connectivity index (χ0n) is 12.3. The van der Waals surface area contributed by atoms with Crippen molar-refractivity contribution in [1.82, 2.24) is 10.6 Å². The molecule has 1 aromatic rings. The summed E-state index contributed by atoms with van der Waals surface area (Å²) in [5.41, 5.74) is 0.588. The zero-order chi connectivity index (χ0) is 16.0. The average molecular weight is 294 g/mol. The van der Waals surface area contributed by atoms with Crippen molar-refractivity contribution in [1.29, 1.82) is 0 Å². The largest absolute Gasteiger partial charge is 0.340 e. The molecule has 1 aliphatic rings. The molecule has 0 saturated carbocycles. The van der Waals surface area contributed by atoms with Gasteiger partial charge < -0.3 is 5.32 Å². The fourth-order valence-corrected chi connectivity index (χ4v) is 1.87. The maximum Gasteiger partial charge on any atom is 0.254 e. The van der Waals surface area contributed by atoms with E-state index in [4.69, 9.17) is 0 Å². The molecule has 5 nitrogen and oxygen atoms in total. The zero-order valence-corrected chi connectivity index (χ0v) is 12.3. The molecule has 3 amide bonds. The van der Waals surface area contributed by atoms with Gasteiger partial charge in [0.2, 0.25) is 11.8 Å². The molecule has 0 spiro atoms. The molecule has 0 aromatic heterocycles. The lowest BCUT2D eigenvalue weighted by Gasteiger charge is -2.21. The molecule has 2 rings (SSSR count). The number of piperidine rings is 1. The van der Waals surface area contributed by atoms with Gasteiger partial charge in [0, 0.05) is 6.42 Å². The number of carbonyl (C=O) groups excluding carboxylic acids is 3. The molecular formula is C15H19FN2O3. The van der Waals surface area contributed by atoms with Crippen LogP contribution in [0.1, 0.15) is 42.6 Å². The number of nitrogens with one attached hydrogen (secondary N) is 2. The number of carbonyl (C=O) groups is 3. The van der Waals surface area contributed by atoms with Gasteiger partial charge in [0.05, 0.1) is 5.56 Å². The van der Waals surface area contributed by atoms with Crippen molar-refractivity contribution >= 4 is 17.7 Å². The summed E-state index contributed by atoms with van der Waals surface area (Å²) in [6, 6.07) is 3.43. The number of rotatable bonds is 2. The topological polar surface area (TPSA) is 75.3 Å². The molecule has 0 bridgehead atoms. The standard InChI is InChI=1S/C13H13FN2O3.C2H6/c1-7-2-3-8(9(14)6-7)12(18)15-10-4-5-11(17)16-13(10)19;1-2/h2-3,6,10H,4-5H2,1H3,(H,15,18)(H,16,17,19);1-2H3. The van der Waals surface area contributed by atoms with E-state index in [1.807, 2.05) is 13.8 Å². The summed E-state index contributed by atoms with van der Waals surface area (Å²) in [5, 5.41) is 4.55. The second-order valence-corrected chi connectivity index (χ2v) is 4.46. The maximum atomic E-state index is 13.6. The van der Waals surface area contributed by atoms with Crippen LogP contribution in [0.25, 0.3) is 0 Å². The SMILES string of the molecule is CC.Cc1ccc(C(=O)NC2CCC(=O)NC2=O)c(F)c1. The third-order valence-electron chi connectivity index (χ3n) is 2.91. The van der Waals surface area contributed by atoms with Crippen molar-refractivity contribution in [2.45, 2.75) is 39.7 Å². The highest BCUT2D eigenvalue weighted by Crippen LogP contribution is 2.11. The molecule has 1 unspecified atom stereocenters. The summed E-state index contributed by atoms with van der Waals surface area (Å²) < 4.78 is 13.6. The van der Waals surface area contributed by atoms with E-state index >= 15 is 0 Å². The van der Waals surface area contributed by atoms with E-state index in [-0.39, 0.29) is 24.3 Å². The lowest BCUT2D eigenvalue weighted by Crippen LogP contribution is -2.52. The van der Waals surface area contributed by atoms with Crippen molar-refractivity contribution in [3.05, 3.63) is 35.1 Å². The van der Waals surface area contributed by atoms with E-state index < -0.39 is 23.7 Å². The minimum atomic E-state index is -0.800. The molecule has 6 heteroatoms. The first-order chi connectivity index (χ1) is 9.97. The summed E-state index contributed by atoms with van der Waals surface area (Å²) in [6.07, 6.45) is 0.386. The Morgan fingerprint density at radius 2 is 2.00 bits per heavy atom. The molecule has 114 valence electrons. The molecule has 1 heterocycles.